The largest absolute Gasteiger partial charge is 0.393 e. The van der Waals surface area contributed by atoms with Crippen molar-refractivity contribution >= 4 is 34.7 Å². The van der Waals surface area contributed by atoms with E-state index < -0.39 is 6.04 Å². The maximum Gasteiger partial charge on any atom is 0.265 e. The highest BCUT2D eigenvalue weighted by molar-refractivity contribution is 7.12. The van der Waals surface area contributed by atoms with Crippen LogP contribution >= 0.6 is 11.3 Å². The van der Waals surface area contributed by atoms with Gasteiger partial charge in [-0.1, -0.05) is 19.9 Å². The Morgan fingerprint density at radius 2 is 1.77 bits per heavy atom. The molecule has 3 N–H and O–H groups in total. The number of nitrogens with zero attached hydrogens (tertiary/aromatic N) is 1. The SMILES string of the molecule is CC(C)C[C@@H](NC(=O)c1ccc(NC(=O)c2cccs2)cc1)C(=O)N1CCC(O)CC1. The van der Waals surface area contributed by atoms with E-state index in [-0.39, 0.29) is 29.7 Å². The topological polar surface area (TPSA) is 98.7 Å². The van der Waals surface area contributed by atoms with Crippen LogP contribution in [-0.2, 0) is 4.79 Å². The summed E-state index contributed by atoms with van der Waals surface area (Å²) in [6.45, 7) is 5.03. The Bertz CT molecular complexity index is 888. The number of hydrogen-bond acceptors (Lipinski definition) is 5. The third-order valence-corrected chi connectivity index (χ3v) is 6.11. The summed E-state index contributed by atoms with van der Waals surface area (Å²) in [5.74, 6) is -0.387. The molecule has 0 radical (unpaired) electrons. The molecule has 31 heavy (non-hydrogen) atoms. The van der Waals surface area contributed by atoms with Crippen LogP contribution < -0.4 is 10.6 Å². The summed E-state index contributed by atoms with van der Waals surface area (Å²) < 4.78 is 0. The van der Waals surface area contributed by atoms with Gasteiger partial charge in [-0.25, -0.2) is 0 Å². The lowest BCUT2D eigenvalue weighted by molar-refractivity contribution is -0.135. The first-order valence-electron chi connectivity index (χ1n) is 10.6. The van der Waals surface area contributed by atoms with Crippen LogP contribution in [0.25, 0.3) is 0 Å². The second kappa shape index (κ2) is 10.5. The average Bonchev–Trinajstić information content (AvgIpc) is 3.28. The minimum absolute atomic E-state index is 0.103. The van der Waals surface area contributed by atoms with E-state index in [1.54, 1.807) is 35.2 Å². The van der Waals surface area contributed by atoms with Crippen LogP contribution in [0.5, 0.6) is 0 Å². The van der Waals surface area contributed by atoms with Crippen molar-refractivity contribution in [2.75, 3.05) is 18.4 Å². The van der Waals surface area contributed by atoms with E-state index in [2.05, 4.69) is 10.6 Å². The van der Waals surface area contributed by atoms with Gasteiger partial charge in [0.15, 0.2) is 0 Å². The van der Waals surface area contributed by atoms with Crippen LogP contribution in [0.3, 0.4) is 0 Å². The molecule has 1 saturated heterocycles. The lowest BCUT2D eigenvalue weighted by atomic mass is 10.00. The maximum absolute atomic E-state index is 13.0. The Morgan fingerprint density at radius 1 is 1.10 bits per heavy atom. The minimum Gasteiger partial charge on any atom is -0.393 e. The van der Waals surface area contributed by atoms with Crippen molar-refractivity contribution in [2.24, 2.45) is 5.92 Å². The van der Waals surface area contributed by atoms with Gasteiger partial charge in [-0.3, -0.25) is 14.4 Å². The zero-order chi connectivity index (χ0) is 22.4. The number of aliphatic hydroxyl groups is 1. The van der Waals surface area contributed by atoms with Gasteiger partial charge in [0.25, 0.3) is 11.8 Å². The summed E-state index contributed by atoms with van der Waals surface area (Å²) in [7, 11) is 0. The minimum atomic E-state index is -0.610. The number of nitrogens with one attached hydrogen (secondary N) is 2. The molecule has 0 bridgehead atoms. The molecule has 166 valence electrons. The third-order valence-electron chi connectivity index (χ3n) is 5.24. The van der Waals surface area contributed by atoms with Crippen molar-refractivity contribution in [1.29, 1.82) is 0 Å². The zero-order valence-electron chi connectivity index (χ0n) is 17.8. The summed E-state index contributed by atoms with van der Waals surface area (Å²) in [5, 5.41) is 17.2. The maximum atomic E-state index is 13.0. The van der Waals surface area contributed by atoms with E-state index >= 15 is 0 Å². The zero-order valence-corrected chi connectivity index (χ0v) is 18.7. The Balaban J connectivity index is 1.62. The molecular weight excluding hydrogens is 414 g/mol. The van der Waals surface area contributed by atoms with E-state index in [9.17, 15) is 19.5 Å². The summed E-state index contributed by atoms with van der Waals surface area (Å²) in [5.41, 5.74) is 1.02. The third kappa shape index (κ3) is 6.38. The molecule has 0 aliphatic carbocycles. The first-order chi connectivity index (χ1) is 14.8. The summed E-state index contributed by atoms with van der Waals surface area (Å²) >= 11 is 1.36. The van der Waals surface area contributed by atoms with Crippen LogP contribution in [0.15, 0.2) is 41.8 Å². The summed E-state index contributed by atoms with van der Waals surface area (Å²) in [6.07, 6.45) is 1.30. The Morgan fingerprint density at radius 3 is 2.35 bits per heavy atom. The number of carbonyl (C=O) groups excluding carboxylic acids is 3. The fourth-order valence-electron chi connectivity index (χ4n) is 3.55. The van der Waals surface area contributed by atoms with Gasteiger partial charge in [0.1, 0.15) is 6.04 Å². The summed E-state index contributed by atoms with van der Waals surface area (Å²) in [4.78, 5) is 40.3. The van der Waals surface area contributed by atoms with Crippen LogP contribution in [0.4, 0.5) is 5.69 Å². The van der Waals surface area contributed by atoms with Crippen molar-refractivity contribution < 1.29 is 19.5 Å². The molecule has 2 heterocycles. The number of thiophene rings is 1. The lowest BCUT2D eigenvalue weighted by Gasteiger charge is -2.33. The fourth-order valence-corrected chi connectivity index (χ4v) is 4.17. The monoisotopic (exact) mass is 443 g/mol. The smallest absolute Gasteiger partial charge is 0.265 e. The van der Waals surface area contributed by atoms with E-state index in [1.807, 2.05) is 25.3 Å². The van der Waals surface area contributed by atoms with Gasteiger partial charge in [-0.05, 0) is 60.9 Å². The van der Waals surface area contributed by atoms with E-state index in [4.69, 9.17) is 0 Å². The predicted octanol–water partition coefficient (Wildman–Crippen LogP) is 3.13. The molecule has 1 aromatic heterocycles. The number of likely N-dealkylation sites (tertiary alicyclic amines) is 1. The first-order valence-corrected chi connectivity index (χ1v) is 11.4. The lowest BCUT2D eigenvalue weighted by Crippen LogP contribution is -2.51. The van der Waals surface area contributed by atoms with Gasteiger partial charge in [0.05, 0.1) is 11.0 Å². The van der Waals surface area contributed by atoms with Gasteiger partial charge in [0.2, 0.25) is 5.91 Å². The van der Waals surface area contributed by atoms with E-state index in [1.165, 1.54) is 11.3 Å². The van der Waals surface area contributed by atoms with Gasteiger partial charge >= 0.3 is 0 Å². The van der Waals surface area contributed by atoms with E-state index in [0.29, 0.717) is 48.5 Å². The van der Waals surface area contributed by atoms with Crippen molar-refractivity contribution in [3.8, 4) is 0 Å². The Kier molecular flexibility index (Phi) is 7.81. The van der Waals surface area contributed by atoms with Crippen molar-refractivity contribution in [2.45, 2.75) is 45.3 Å². The highest BCUT2D eigenvalue weighted by atomic mass is 32.1. The molecule has 3 amide bonds. The van der Waals surface area contributed by atoms with Crippen molar-refractivity contribution in [3.63, 3.8) is 0 Å². The second-order valence-electron chi connectivity index (χ2n) is 8.22. The molecule has 1 fully saturated rings. The average molecular weight is 444 g/mol. The standard InChI is InChI=1S/C23H29N3O4S/c1-15(2)14-19(23(30)26-11-9-18(27)10-12-26)25-21(28)16-5-7-17(8-6-16)24-22(29)20-4-3-13-31-20/h3-8,13,15,18-19,27H,9-12,14H2,1-2H3,(H,24,29)(H,25,28)/t19-/m1/s1. The van der Waals surface area contributed by atoms with Gasteiger partial charge in [-0.2, -0.15) is 0 Å². The molecule has 2 aromatic rings. The predicted molar refractivity (Wildman–Crippen MR) is 121 cm³/mol. The molecule has 1 aliphatic rings. The highest BCUT2D eigenvalue weighted by Gasteiger charge is 2.29. The summed E-state index contributed by atoms with van der Waals surface area (Å²) in [6, 6.07) is 9.56. The van der Waals surface area contributed by atoms with Crippen LogP contribution in [-0.4, -0.2) is 53.0 Å². The number of hydrogen-bond donors (Lipinski definition) is 3. The molecule has 1 atom stereocenters. The van der Waals surface area contributed by atoms with Gasteiger partial charge in [0, 0.05) is 24.3 Å². The van der Waals surface area contributed by atoms with Crippen LogP contribution in [0, 0.1) is 5.92 Å². The van der Waals surface area contributed by atoms with E-state index in [0.717, 1.165) is 0 Å². The number of piperidine rings is 1. The second-order valence-corrected chi connectivity index (χ2v) is 9.17. The molecule has 7 nitrogen and oxygen atoms in total. The van der Waals surface area contributed by atoms with Gasteiger partial charge < -0.3 is 20.6 Å². The normalized spacial score (nSPS) is 15.5. The Hall–Kier alpha value is -2.71. The van der Waals surface area contributed by atoms with Crippen molar-refractivity contribution in [3.05, 3.63) is 52.2 Å². The molecule has 0 saturated carbocycles. The number of amides is 3. The van der Waals surface area contributed by atoms with Crippen LogP contribution in [0.1, 0.15) is 53.1 Å². The van der Waals surface area contributed by atoms with Crippen molar-refractivity contribution in [1.82, 2.24) is 10.2 Å². The Labute approximate surface area is 186 Å². The molecular formula is C23H29N3O4S. The number of rotatable bonds is 7. The molecule has 8 heteroatoms. The number of carbonyl (C=O) groups is 3. The molecule has 0 spiro atoms. The number of aliphatic hydroxyl groups excluding tert-OH is 1. The fraction of sp³-hybridized carbons (Fsp3) is 0.435. The number of anilines is 1. The quantitative estimate of drug-likeness (QED) is 0.612. The molecule has 0 unspecified atom stereocenters. The molecule has 3 rings (SSSR count). The first kappa shape index (κ1) is 23.0. The van der Waals surface area contributed by atoms with Crippen LogP contribution in [0.2, 0.25) is 0 Å². The van der Waals surface area contributed by atoms with Gasteiger partial charge in [-0.15, -0.1) is 11.3 Å². The molecule has 1 aliphatic heterocycles. The highest BCUT2D eigenvalue weighted by Crippen LogP contribution is 2.17. The number of benzene rings is 1. The molecule has 1 aromatic carbocycles.